The summed E-state index contributed by atoms with van der Waals surface area (Å²) >= 11 is 0. The number of hydrogen-bond acceptors (Lipinski definition) is 3. The van der Waals surface area contributed by atoms with Gasteiger partial charge < -0.3 is 15.8 Å². The Morgan fingerprint density at radius 1 is 1.33 bits per heavy atom. The van der Waals surface area contributed by atoms with Gasteiger partial charge in [0.05, 0.1) is 13.0 Å². The molecule has 1 rings (SSSR count). The maximum absolute atomic E-state index is 11.9. The van der Waals surface area contributed by atoms with E-state index in [1.807, 2.05) is 32.0 Å². The predicted molar refractivity (Wildman–Crippen MR) is 86.5 cm³/mol. The number of benzene rings is 1. The van der Waals surface area contributed by atoms with E-state index in [1.54, 1.807) is 0 Å². The number of aryl methyl sites for hydroxylation is 2. The van der Waals surface area contributed by atoms with Crippen LogP contribution in [0.1, 0.15) is 37.8 Å². The molecule has 0 bridgehead atoms. The fourth-order valence-corrected chi connectivity index (χ4v) is 2.20. The monoisotopic (exact) mass is 292 g/mol. The molecule has 1 unspecified atom stereocenters. The molecule has 0 spiro atoms. The van der Waals surface area contributed by atoms with Crippen LogP contribution in [-0.2, 0) is 4.79 Å². The van der Waals surface area contributed by atoms with Gasteiger partial charge in [-0.15, -0.1) is 0 Å². The van der Waals surface area contributed by atoms with Crippen molar-refractivity contribution in [2.24, 2.45) is 11.7 Å². The number of nitrogens with two attached hydrogens (primary N) is 1. The van der Waals surface area contributed by atoms with E-state index in [9.17, 15) is 4.79 Å². The van der Waals surface area contributed by atoms with Crippen molar-refractivity contribution >= 4 is 5.91 Å². The number of carbonyl (C=O) groups excluding carboxylic acids is 1. The fourth-order valence-electron chi connectivity index (χ4n) is 2.20. The van der Waals surface area contributed by atoms with Gasteiger partial charge >= 0.3 is 0 Å². The minimum absolute atomic E-state index is 0.00333. The lowest BCUT2D eigenvalue weighted by Gasteiger charge is -2.19. The second-order valence-corrected chi connectivity index (χ2v) is 6.00. The maximum Gasteiger partial charge on any atom is 0.223 e. The predicted octanol–water partition coefficient (Wildman–Crippen LogP) is 2.56. The van der Waals surface area contributed by atoms with E-state index in [4.69, 9.17) is 10.5 Å². The molecule has 0 radical (unpaired) electrons. The van der Waals surface area contributed by atoms with Gasteiger partial charge in [-0.2, -0.15) is 0 Å². The summed E-state index contributed by atoms with van der Waals surface area (Å²) in [5.74, 6) is 1.36. The van der Waals surface area contributed by atoms with Crippen LogP contribution in [0.4, 0.5) is 0 Å². The number of hydrogen-bond donors (Lipinski definition) is 2. The summed E-state index contributed by atoms with van der Waals surface area (Å²) in [7, 11) is 0. The molecule has 0 heterocycles. The summed E-state index contributed by atoms with van der Waals surface area (Å²) in [4.78, 5) is 11.9. The van der Waals surface area contributed by atoms with Crippen LogP contribution in [0.5, 0.6) is 5.75 Å². The van der Waals surface area contributed by atoms with E-state index in [-0.39, 0.29) is 11.9 Å². The molecule has 3 N–H and O–H groups in total. The standard InChI is InChI=1S/C17H28N2O2/c1-12(2)9-15(11-18)19-17(20)7-8-21-16-10-13(3)5-6-14(16)4/h5-6,10,12,15H,7-9,11,18H2,1-4H3,(H,19,20). The molecule has 0 saturated carbocycles. The minimum Gasteiger partial charge on any atom is -0.493 e. The molecule has 4 nitrogen and oxygen atoms in total. The molecule has 0 aliphatic carbocycles. The molecule has 1 aromatic carbocycles. The summed E-state index contributed by atoms with van der Waals surface area (Å²) in [5.41, 5.74) is 7.92. The van der Waals surface area contributed by atoms with Crippen molar-refractivity contribution in [3.63, 3.8) is 0 Å². The van der Waals surface area contributed by atoms with Crippen LogP contribution in [0.15, 0.2) is 18.2 Å². The van der Waals surface area contributed by atoms with Crippen LogP contribution in [0, 0.1) is 19.8 Å². The Kier molecular flexibility index (Phi) is 7.23. The van der Waals surface area contributed by atoms with Crippen LogP contribution < -0.4 is 15.8 Å². The van der Waals surface area contributed by atoms with Gasteiger partial charge in [-0.25, -0.2) is 0 Å². The van der Waals surface area contributed by atoms with Crippen LogP contribution >= 0.6 is 0 Å². The average molecular weight is 292 g/mol. The number of amides is 1. The smallest absolute Gasteiger partial charge is 0.223 e. The van der Waals surface area contributed by atoms with Crippen molar-refractivity contribution in [3.05, 3.63) is 29.3 Å². The molecule has 21 heavy (non-hydrogen) atoms. The van der Waals surface area contributed by atoms with E-state index in [1.165, 1.54) is 0 Å². The third-order valence-electron chi connectivity index (χ3n) is 3.34. The topological polar surface area (TPSA) is 64.3 Å². The van der Waals surface area contributed by atoms with Gasteiger partial charge in [-0.1, -0.05) is 26.0 Å². The molecule has 4 heteroatoms. The van der Waals surface area contributed by atoms with Crippen molar-refractivity contribution in [1.82, 2.24) is 5.32 Å². The number of nitrogens with one attached hydrogen (secondary N) is 1. The molecule has 0 aliphatic rings. The second kappa shape index (κ2) is 8.67. The molecule has 0 aliphatic heterocycles. The van der Waals surface area contributed by atoms with Crippen LogP contribution in [0.2, 0.25) is 0 Å². The molecule has 0 fully saturated rings. The highest BCUT2D eigenvalue weighted by atomic mass is 16.5. The summed E-state index contributed by atoms with van der Waals surface area (Å²) in [6, 6.07) is 6.12. The van der Waals surface area contributed by atoms with Gasteiger partial charge in [0.1, 0.15) is 5.75 Å². The third kappa shape index (κ3) is 6.63. The number of carbonyl (C=O) groups is 1. The van der Waals surface area contributed by atoms with Crippen molar-refractivity contribution in [2.45, 2.75) is 46.6 Å². The zero-order valence-corrected chi connectivity index (χ0v) is 13.6. The first-order chi connectivity index (χ1) is 9.92. The Morgan fingerprint density at radius 3 is 2.67 bits per heavy atom. The van der Waals surface area contributed by atoms with Gasteiger partial charge in [-0.05, 0) is 43.4 Å². The summed E-state index contributed by atoms with van der Waals surface area (Å²) in [5, 5.41) is 2.97. The highest BCUT2D eigenvalue weighted by Gasteiger charge is 2.12. The van der Waals surface area contributed by atoms with Gasteiger partial charge in [-0.3, -0.25) is 4.79 Å². The average Bonchev–Trinajstić information content (AvgIpc) is 2.41. The Hall–Kier alpha value is -1.55. The number of rotatable bonds is 8. The zero-order chi connectivity index (χ0) is 15.8. The third-order valence-corrected chi connectivity index (χ3v) is 3.34. The van der Waals surface area contributed by atoms with Gasteiger partial charge in [0, 0.05) is 12.6 Å². The number of ether oxygens (including phenoxy) is 1. The van der Waals surface area contributed by atoms with Gasteiger partial charge in [0.25, 0.3) is 0 Å². The van der Waals surface area contributed by atoms with Gasteiger partial charge in [0.15, 0.2) is 0 Å². The van der Waals surface area contributed by atoms with Crippen LogP contribution in [0.25, 0.3) is 0 Å². The highest BCUT2D eigenvalue weighted by Crippen LogP contribution is 2.19. The molecule has 0 saturated heterocycles. The van der Waals surface area contributed by atoms with Crippen molar-refractivity contribution in [2.75, 3.05) is 13.2 Å². The largest absolute Gasteiger partial charge is 0.493 e. The normalized spacial score (nSPS) is 12.3. The lowest BCUT2D eigenvalue weighted by atomic mass is 10.0. The summed E-state index contributed by atoms with van der Waals surface area (Å²) < 4.78 is 5.69. The lowest BCUT2D eigenvalue weighted by molar-refractivity contribution is -0.122. The van der Waals surface area contributed by atoms with E-state index < -0.39 is 0 Å². The maximum atomic E-state index is 11.9. The first kappa shape index (κ1) is 17.5. The molecular weight excluding hydrogens is 264 g/mol. The van der Waals surface area contributed by atoms with Gasteiger partial charge in [0.2, 0.25) is 5.91 Å². The van der Waals surface area contributed by atoms with E-state index >= 15 is 0 Å². The van der Waals surface area contributed by atoms with E-state index in [0.29, 0.717) is 25.5 Å². The first-order valence-electron chi connectivity index (χ1n) is 7.61. The SMILES string of the molecule is Cc1ccc(C)c(OCCC(=O)NC(CN)CC(C)C)c1. The Bertz CT molecular complexity index is 458. The molecule has 1 aromatic rings. The van der Waals surface area contributed by atoms with E-state index in [2.05, 4.69) is 19.2 Å². The Morgan fingerprint density at radius 2 is 2.05 bits per heavy atom. The first-order valence-corrected chi connectivity index (χ1v) is 7.61. The van der Waals surface area contributed by atoms with Crippen molar-refractivity contribution in [3.8, 4) is 5.75 Å². The highest BCUT2D eigenvalue weighted by molar-refractivity contribution is 5.76. The van der Waals surface area contributed by atoms with Crippen LogP contribution in [-0.4, -0.2) is 25.1 Å². The summed E-state index contributed by atoms with van der Waals surface area (Å²) in [6.45, 7) is 9.13. The Labute approximate surface area is 128 Å². The molecular formula is C17H28N2O2. The van der Waals surface area contributed by atoms with Crippen molar-refractivity contribution < 1.29 is 9.53 Å². The Balaban J connectivity index is 2.37. The fraction of sp³-hybridized carbons (Fsp3) is 0.588. The quantitative estimate of drug-likeness (QED) is 0.774. The van der Waals surface area contributed by atoms with E-state index in [0.717, 1.165) is 23.3 Å². The summed E-state index contributed by atoms with van der Waals surface area (Å²) in [6.07, 6.45) is 1.25. The molecule has 1 amide bonds. The molecule has 118 valence electrons. The molecule has 0 aromatic heterocycles. The zero-order valence-electron chi connectivity index (χ0n) is 13.6. The second-order valence-electron chi connectivity index (χ2n) is 6.00. The lowest BCUT2D eigenvalue weighted by Crippen LogP contribution is -2.41. The van der Waals surface area contributed by atoms with Crippen molar-refractivity contribution in [1.29, 1.82) is 0 Å². The molecule has 1 atom stereocenters. The van der Waals surface area contributed by atoms with Crippen LogP contribution in [0.3, 0.4) is 0 Å². The minimum atomic E-state index is -0.00333.